The molecule has 5 saturated carbocycles. The third kappa shape index (κ3) is 1.06. The van der Waals surface area contributed by atoms with E-state index in [1.165, 1.54) is 25.7 Å². The molecule has 116 valence electrons. The van der Waals surface area contributed by atoms with Crippen LogP contribution < -0.4 is 0 Å². The van der Waals surface area contributed by atoms with Gasteiger partial charge in [0.1, 0.15) is 0 Å². The average Bonchev–Trinajstić information content (AvgIpc) is 3.38. The quantitative estimate of drug-likeness (QED) is 0.642. The predicted molar refractivity (Wildman–Crippen MR) is 80.9 cm³/mol. The van der Waals surface area contributed by atoms with Crippen molar-refractivity contribution in [2.75, 3.05) is 0 Å². The Labute approximate surface area is 131 Å². The summed E-state index contributed by atoms with van der Waals surface area (Å²) in [7, 11) is 0. The summed E-state index contributed by atoms with van der Waals surface area (Å²) in [6.45, 7) is 2.51. The number of ether oxygens (including phenoxy) is 1. The number of ketones is 1. The van der Waals surface area contributed by atoms with Gasteiger partial charge in [-0.25, -0.2) is 0 Å². The molecule has 7 aliphatic rings. The summed E-state index contributed by atoms with van der Waals surface area (Å²) in [4.78, 5) is 12.0. The molecule has 10 unspecified atom stereocenters. The minimum absolute atomic E-state index is 0.342. The number of rotatable bonds is 0. The van der Waals surface area contributed by atoms with Crippen LogP contribution in [0.3, 0.4) is 0 Å². The molecule has 0 N–H and O–H groups in total. The van der Waals surface area contributed by atoms with Crippen molar-refractivity contribution >= 4 is 5.78 Å². The molecule has 10 atom stereocenters. The SMILES string of the molecule is CC12CCC(=O)C=C1C1CC1C1C2CCC23OC2C2CC2C13. The van der Waals surface area contributed by atoms with Gasteiger partial charge in [0.25, 0.3) is 0 Å². The first-order valence-electron chi connectivity index (χ1n) is 9.56. The van der Waals surface area contributed by atoms with Crippen LogP contribution in [0.25, 0.3) is 0 Å². The van der Waals surface area contributed by atoms with Gasteiger partial charge < -0.3 is 4.74 Å². The van der Waals surface area contributed by atoms with Gasteiger partial charge in [-0.15, -0.1) is 0 Å². The van der Waals surface area contributed by atoms with Crippen LogP contribution in [0.2, 0.25) is 0 Å². The van der Waals surface area contributed by atoms with Crippen molar-refractivity contribution < 1.29 is 9.53 Å². The number of carbonyl (C=O) groups is 1. The number of allylic oxidation sites excluding steroid dienone is 1. The van der Waals surface area contributed by atoms with E-state index in [-0.39, 0.29) is 0 Å². The van der Waals surface area contributed by atoms with Gasteiger partial charge in [-0.2, -0.15) is 0 Å². The third-order valence-electron chi connectivity index (χ3n) is 9.22. The molecule has 22 heavy (non-hydrogen) atoms. The Morgan fingerprint density at radius 3 is 3.00 bits per heavy atom. The largest absolute Gasteiger partial charge is 0.365 e. The van der Waals surface area contributed by atoms with Crippen LogP contribution in [0.1, 0.15) is 45.4 Å². The van der Waals surface area contributed by atoms with Crippen LogP contribution in [0.5, 0.6) is 0 Å². The monoisotopic (exact) mass is 296 g/mol. The van der Waals surface area contributed by atoms with Crippen LogP contribution in [0, 0.1) is 46.8 Å². The molecule has 1 saturated heterocycles. The van der Waals surface area contributed by atoms with Crippen molar-refractivity contribution in [3.63, 3.8) is 0 Å². The fraction of sp³-hybridized carbons (Fsp3) is 0.850. The highest BCUT2D eigenvalue weighted by atomic mass is 16.6. The zero-order valence-corrected chi connectivity index (χ0v) is 13.3. The summed E-state index contributed by atoms with van der Waals surface area (Å²) < 4.78 is 6.33. The summed E-state index contributed by atoms with van der Waals surface area (Å²) in [5.74, 6) is 6.70. The second-order valence-corrected chi connectivity index (χ2v) is 9.79. The van der Waals surface area contributed by atoms with Crippen LogP contribution in [-0.4, -0.2) is 17.5 Å². The van der Waals surface area contributed by atoms with E-state index < -0.39 is 0 Å². The van der Waals surface area contributed by atoms with Crippen LogP contribution in [-0.2, 0) is 9.53 Å². The Morgan fingerprint density at radius 1 is 1.18 bits per heavy atom. The molecule has 2 nitrogen and oxygen atoms in total. The summed E-state index contributed by atoms with van der Waals surface area (Å²) in [5, 5.41) is 0. The average molecular weight is 296 g/mol. The molecule has 0 bridgehead atoms. The maximum absolute atomic E-state index is 12.0. The molecular formula is C20H24O2. The molecule has 0 aromatic heterocycles. The molecule has 0 amide bonds. The molecule has 1 spiro atoms. The molecule has 1 heterocycles. The van der Waals surface area contributed by atoms with Gasteiger partial charge in [0.2, 0.25) is 0 Å². The minimum atomic E-state index is 0.342. The molecule has 0 aromatic rings. The normalized spacial score (nSPS) is 68.6. The van der Waals surface area contributed by atoms with Crippen molar-refractivity contribution in [1.29, 1.82) is 0 Å². The van der Waals surface area contributed by atoms with E-state index in [9.17, 15) is 4.79 Å². The fourth-order valence-corrected chi connectivity index (χ4v) is 8.26. The lowest BCUT2D eigenvalue weighted by Crippen LogP contribution is -2.51. The van der Waals surface area contributed by atoms with Crippen molar-refractivity contribution in [1.82, 2.24) is 0 Å². The fourth-order valence-electron chi connectivity index (χ4n) is 8.26. The molecule has 6 fully saturated rings. The van der Waals surface area contributed by atoms with Crippen LogP contribution >= 0.6 is 0 Å². The van der Waals surface area contributed by atoms with Gasteiger partial charge in [0, 0.05) is 6.42 Å². The van der Waals surface area contributed by atoms with Gasteiger partial charge in [-0.3, -0.25) is 4.79 Å². The van der Waals surface area contributed by atoms with Crippen molar-refractivity contribution in [2.24, 2.45) is 46.8 Å². The summed E-state index contributed by atoms with van der Waals surface area (Å²) in [5.41, 5.74) is 2.27. The highest BCUT2D eigenvalue weighted by Crippen LogP contribution is 2.81. The maximum atomic E-state index is 12.0. The topological polar surface area (TPSA) is 29.6 Å². The van der Waals surface area contributed by atoms with Crippen molar-refractivity contribution in [3.05, 3.63) is 11.6 Å². The second-order valence-electron chi connectivity index (χ2n) is 9.79. The molecule has 0 radical (unpaired) electrons. The first-order chi connectivity index (χ1) is 10.6. The van der Waals surface area contributed by atoms with E-state index in [2.05, 4.69) is 13.0 Å². The van der Waals surface area contributed by atoms with Crippen LogP contribution in [0.15, 0.2) is 11.6 Å². The predicted octanol–water partition coefficient (Wildman–Crippen LogP) is 3.36. The van der Waals surface area contributed by atoms with Crippen LogP contribution in [0.4, 0.5) is 0 Å². The molecule has 2 heteroatoms. The van der Waals surface area contributed by atoms with E-state index in [0.29, 0.717) is 22.9 Å². The summed E-state index contributed by atoms with van der Waals surface area (Å²) >= 11 is 0. The molecule has 0 aromatic carbocycles. The Balaban J connectivity index is 1.37. The molecule has 6 aliphatic carbocycles. The Kier molecular flexibility index (Phi) is 1.69. The number of hydrogen-bond donors (Lipinski definition) is 0. The minimum Gasteiger partial charge on any atom is -0.365 e. The lowest BCUT2D eigenvalue weighted by atomic mass is 9.49. The Morgan fingerprint density at radius 2 is 2.09 bits per heavy atom. The number of hydrogen-bond acceptors (Lipinski definition) is 2. The van der Waals surface area contributed by atoms with Crippen molar-refractivity contribution in [2.45, 2.75) is 57.2 Å². The number of epoxide rings is 1. The van der Waals surface area contributed by atoms with Gasteiger partial charge >= 0.3 is 0 Å². The van der Waals surface area contributed by atoms with Gasteiger partial charge in [0.15, 0.2) is 5.78 Å². The smallest absolute Gasteiger partial charge is 0.155 e. The highest BCUT2D eigenvalue weighted by molar-refractivity contribution is 5.92. The molecule has 1 aliphatic heterocycles. The van der Waals surface area contributed by atoms with E-state index in [4.69, 9.17) is 4.74 Å². The Hall–Kier alpha value is -0.630. The highest BCUT2D eigenvalue weighted by Gasteiger charge is 2.83. The first-order valence-corrected chi connectivity index (χ1v) is 9.56. The first kappa shape index (κ1) is 11.8. The molecule has 7 rings (SSSR count). The lowest BCUT2D eigenvalue weighted by molar-refractivity contribution is -0.117. The van der Waals surface area contributed by atoms with Gasteiger partial charge in [-0.05, 0) is 85.0 Å². The second kappa shape index (κ2) is 3.14. The lowest BCUT2D eigenvalue weighted by Gasteiger charge is -2.55. The Bertz CT molecular complexity index is 665. The van der Waals surface area contributed by atoms with Gasteiger partial charge in [-0.1, -0.05) is 12.5 Å². The number of carbonyl (C=O) groups excluding carboxylic acids is 1. The van der Waals surface area contributed by atoms with Crippen molar-refractivity contribution in [3.8, 4) is 0 Å². The maximum Gasteiger partial charge on any atom is 0.155 e. The summed E-state index contributed by atoms with van der Waals surface area (Å²) in [6.07, 6.45) is 10.2. The third-order valence-corrected chi connectivity index (χ3v) is 9.22. The zero-order valence-electron chi connectivity index (χ0n) is 13.3. The van der Waals surface area contributed by atoms with E-state index in [0.717, 1.165) is 54.3 Å². The molecular weight excluding hydrogens is 272 g/mol. The summed E-state index contributed by atoms with van der Waals surface area (Å²) in [6, 6.07) is 0. The van der Waals surface area contributed by atoms with E-state index >= 15 is 0 Å². The zero-order chi connectivity index (χ0) is 14.4. The van der Waals surface area contributed by atoms with E-state index in [1.54, 1.807) is 5.57 Å². The number of fused-ring (bicyclic) bond motifs is 10. The van der Waals surface area contributed by atoms with Gasteiger partial charge in [0.05, 0.1) is 11.7 Å². The standard InChI is InChI=1S/C20H24O2/c1-19-4-2-9(21)6-15(19)10-7-11(10)16-14(19)3-5-20-17(16)12-8-13(12)18(20)22-20/h6,10-14,16-18H,2-5,7-8H2,1H3. The van der Waals surface area contributed by atoms with E-state index in [1.807, 2.05) is 0 Å².